The van der Waals surface area contributed by atoms with Crippen molar-refractivity contribution in [1.29, 1.82) is 5.26 Å². The monoisotopic (exact) mass is 382 g/mol. The highest BCUT2D eigenvalue weighted by molar-refractivity contribution is 6.17. The van der Waals surface area contributed by atoms with Gasteiger partial charge in [0.1, 0.15) is 29.4 Å². The molecule has 2 heterocycles. The van der Waals surface area contributed by atoms with E-state index in [1.807, 2.05) is 6.07 Å². The van der Waals surface area contributed by atoms with Gasteiger partial charge in [-0.3, -0.25) is 9.59 Å². The van der Waals surface area contributed by atoms with E-state index in [0.717, 1.165) is 6.26 Å². The summed E-state index contributed by atoms with van der Waals surface area (Å²) in [6.07, 6.45) is 0.716. The van der Waals surface area contributed by atoms with Crippen LogP contribution in [0.15, 0.2) is 47.4 Å². The van der Waals surface area contributed by atoms with Crippen molar-refractivity contribution in [2.45, 2.75) is 25.7 Å². The molecule has 1 atom stereocenters. The van der Waals surface area contributed by atoms with E-state index < -0.39 is 23.3 Å². The van der Waals surface area contributed by atoms with Gasteiger partial charge in [-0.05, 0) is 19.9 Å². The number of ether oxygens (including phenoxy) is 3. The molecule has 1 spiro atoms. The minimum absolute atomic E-state index is 0.0416. The van der Waals surface area contributed by atoms with Crippen molar-refractivity contribution in [3.63, 3.8) is 0 Å². The van der Waals surface area contributed by atoms with E-state index in [9.17, 15) is 19.6 Å². The maximum atomic E-state index is 13.1. The quantitative estimate of drug-likeness (QED) is 0.775. The van der Waals surface area contributed by atoms with Gasteiger partial charge in [0.2, 0.25) is 5.91 Å². The fourth-order valence-electron chi connectivity index (χ4n) is 3.45. The number of rotatable bonds is 5. The molecule has 1 N–H and O–H groups in total. The third-order valence-electron chi connectivity index (χ3n) is 4.51. The molecule has 0 aromatic heterocycles. The summed E-state index contributed by atoms with van der Waals surface area (Å²) >= 11 is 0. The number of carbonyl (C=O) groups excluding carboxylic acids is 3. The average molecular weight is 382 g/mol. The molecule has 144 valence electrons. The number of para-hydroxylation sites is 1. The lowest BCUT2D eigenvalue weighted by atomic mass is 9.68. The molecule has 0 bridgehead atoms. The molecule has 0 fully saturated rings. The van der Waals surface area contributed by atoms with Crippen LogP contribution in [0.2, 0.25) is 0 Å². The van der Waals surface area contributed by atoms with Crippen molar-refractivity contribution in [2.24, 2.45) is 0 Å². The van der Waals surface area contributed by atoms with Crippen molar-refractivity contribution in [1.82, 2.24) is 0 Å². The maximum absolute atomic E-state index is 13.1. The first-order valence-corrected chi connectivity index (χ1v) is 8.75. The minimum atomic E-state index is -1.75. The molecule has 0 aliphatic carbocycles. The molecule has 2 aliphatic heterocycles. The van der Waals surface area contributed by atoms with E-state index in [-0.39, 0.29) is 36.5 Å². The highest BCUT2D eigenvalue weighted by Gasteiger charge is 2.58. The number of amides is 1. The smallest absolute Gasteiger partial charge is 0.339 e. The van der Waals surface area contributed by atoms with Gasteiger partial charge in [0.25, 0.3) is 0 Å². The van der Waals surface area contributed by atoms with Crippen LogP contribution in [-0.4, -0.2) is 31.1 Å². The molecule has 1 amide bonds. The Morgan fingerprint density at radius 3 is 2.61 bits per heavy atom. The zero-order valence-corrected chi connectivity index (χ0v) is 15.4. The molecule has 1 unspecified atom stereocenters. The Morgan fingerprint density at radius 2 is 1.93 bits per heavy atom. The van der Waals surface area contributed by atoms with Gasteiger partial charge in [0, 0.05) is 11.3 Å². The standard InChI is InChI=1S/C20H18N2O6/c1-3-26-16(23)9-15-17(18(24)27-4-2)20(12(10-21)11-28-15)13-7-5-6-8-14(13)22-19(20)25/h5-8,11H,3-4,9H2,1-2H3,(H,22,25). The van der Waals surface area contributed by atoms with E-state index in [1.54, 1.807) is 38.1 Å². The third-order valence-corrected chi connectivity index (χ3v) is 4.51. The third kappa shape index (κ3) is 2.81. The van der Waals surface area contributed by atoms with E-state index in [4.69, 9.17) is 14.2 Å². The van der Waals surface area contributed by atoms with Crippen LogP contribution in [0.1, 0.15) is 25.8 Å². The molecular weight excluding hydrogens is 364 g/mol. The minimum Gasteiger partial charge on any atom is -0.467 e. The summed E-state index contributed by atoms with van der Waals surface area (Å²) in [6.45, 7) is 3.45. The number of nitrogens with one attached hydrogen (secondary N) is 1. The van der Waals surface area contributed by atoms with Crippen LogP contribution in [0.4, 0.5) is 5.69 Å². The first-order chi connectivity index (χ1) is 13.5. The Morgan fingerprint density at radius 1 is 1.21 bits per heavy atom. The number of hydrogen-bond donors (Lipinski definition) is 1. The van der Waals surface area contributed by atoms with E-state index >= 15 is 0 Å². The molecule has 28 heavy (non-hydrogen) atoms. The van der Waals surface area contributed by atoms with Gasteiger partial charge in [-0.15, -0.1) is 0 Å². The number of esters is 2. The normalized spacial score (nSPS) is 19.9. The van der Waals surface area contributed by atoms with Crippen molar-refractivity contribution in [3.05, 3.63) is 53.0 Å². The molecule has 8 nitrogen and oxygen atoms in total. The Kier molecular flexibility index (Phi) is 5.18. The second-order valence-electron chi connectivity index (χ2n) is 6.01. The van der Waals surface area contributed by atoms with Crippen LogP contribution in [0.25, 0.3) is 0 Å². The van der Waals surface area contributed by atoms with Gasteiger partial charge in [-0.2, -0.15) is 5.26 Å². The van der Waals surface area contributed by atoms with Crippen LogP contribution in [0, 0.1) is 11.3 Å². The van der Waals surface area contributed by atoms with Gasteiger partial charge < -0.3 is 19.5 Å². The Balaban J connectivity index is 2.28. The average Bonchev–Trinajstić information content (AvgIpc) is 2.95. The fourth-order valence-corrected chi connectivity index (χ4v) is 3.45. The number of carbonyl (C=O) groups is 3. The molecule has 2 aliphatic rings. The lowest BCUT2D eigenvalue weighted by Gasteiger charge is -2.33. The van der Waals surface area contributed by atoms with Crippen molar-refractivity contribution in [2.75, 3.05) is 18.5 Å². The molecule has 0 saturated carbocycles. The molecule has 0 radical (unpaired) electrons. The van der Waals surface area contributed by atoms with Gasteiger partial charge in [0.15, 0.2) is 0 Å². The molecule has 8 heteroatoms. The molecule has 3 rings (SSSR count). The second kappa shape index (κ2) is 7.56. The van der Waals surface area contributed by atoms with Crippen LogP contribution < -0.4 is 5.32 Å². The summed E-state index contributed by atoms with van der Waals surface area (Å²) in [6, 6.07) is 8.68. The SMILES string of the molecule is CCOC(=O)CC1=C(C(=O)OCC)C2(C(=O)Nc3ccccc32)C(C#N)=CO1. The highest BCUT2D eigenvalue weighted by atomic mass is 16.5. The van der Waals surface area contributed by atoms with Gasteiger partial charge in [-0.25, -0.2) is 4.79 Å². The molecule has 1 aromatic carbocycles. The molecular formula is C20H18N2O6. The van der Waals surface area contributed by atoms with Gasteiger partial charge in [-0.1, -0.05) is 18.2 Å². The number of benzene rings is 1. The molecule has 0 saturated heterocycles. The number of anilines is 1. The highest BCUT2D eigenvalue weighted by Crippen LogP contribution is 2.51. The zero-order chi connectivity index (χ0) is 20.3. The summed E-state index contributed by atoms with van der Waals surface area (Å²) in [5.41, 5.74) is -1.14. The van der Waals surface area contributed by atoms with Crippen molar-refractivity contribution >= 4 is 23.5 Å². The maximum Gasteiger partial charge on any atom is 0.339 e. The summed E-state index contributed by atoms with van der Waals surface area (Å²) < 4.78 is 15.5. The topological polar surface area (TPSA) is 115 Å². The van der Waals surface area contributed by atoms with E-state index in [2.05, 4.69) is 5.32 Å². The Labute approximate surface area is 161 Å². The lowest BCUT2D eigenvalue weighted by Crippen LogP contribution is -2.44. The van der Waals surface area contributed by atoms with Crippen LogP contribution in [0.3, 0.4) is 0 Å². The fraction of sp³-hybridized carbons (Fsp3) is 0.300. The summed E-state index contributed by atoms with van der Waals surface area (Å²) in [5, 5.41) is 12.4. The number of nitriles is 1. The van der Waals surface area contributed by atoms with Crippen LogP contribution >= 0.6 is 0 Å². The summed E-state index contributed by atoms with van der Waals surface area (Å²) in [5.74, 6) is -2.14. The van der Waals surface area contributed by atoms with Crippen LogP contribution in [0.5, 0.6) is 0 Å². The van der Waals surface area contributed by atoms with E-state index in [0.29, 0.717) is 11.3 Å². The predicted molar refractivity (Wildman–Crippen MR) is 96.4 cm³/mol. The zero-order valence-electron chi connectivity index (χ0n) is 15.4. The van der Waals surface area contributed by atoms with Gasteiger partial charge >= 0.3 is 11.9 Å². The van der Waals surface area contributed by atoms with Crippen molar-refractivity contribution in [3.8, 4) is 6.07 Å². The second-order valence-corrected chi connectivity index (χ2v) is 6.01. The van der Waals surface area contributed by atoms with Crippen LogP contribution in [-0.2, 0) is 34.0 Å². The lowest BCUT2D eigenvalue weighted by molar-refractivity contribution is -0.143. The first kappa shape index (κ1) is 19.2. The largest absolute Gasteiger partial charge is 0.467 e. The Hall–Kier alpha value is -3.60. The van der Waals surface area contributed by atoms with E-state index in [1.165, 1.54) is 0 Å². The Bertz CT molecular complexity index is 956. The number of nitrogens with zero attached hydrogens (tertiary/aromatic N) is 1. The first-order valence-electron chi connectivity index (χ1n) is 8.75. The van der Waals surface area contributed by atoms with Gasteiger partial charge in [0.05, 0.1) is 24.9 Å². The number of fused-ring (bicyclic) bond motifs is 2. The summed E-state index contributed by atoms with van der Waals surface area (Å²) in [7, 11) is 0. The molecule has 1 aromatic rings. The summed E-state index contributed by atoms with van der Waals surface area (Å²) in [4.78, 5) is 38.1. The predicted octanol–water partition coefficient (Wildman–Crippen LogP) is 2.08. The van der Waals surface area contributed by atoms with Crippen molar-refractivity contribution < 1.29 is 28.6 Å². The number of hydrogen-bond acceptors (Lipinski definition) is 7.